The molecular weight excluding hydrogens is 288 g/mol. The number of rotatable bonds is 2. The summed E-state index contributed by atoms with van der Waals surface area (Å²) in [6.07, 6.45) is 7.93. The number of carbonyl (C=O) groups is 2. The minimum absolute atomic E-state index is 0.136. The van der Waals surface area contributed by atoms with E-state index < -0.39 is 5.91 Å². The van der Waals surface area contributed by atoms with Crippen molar-refractivity contribution in [3.05, 3.63) is 34.9 Å². The zero-order valence-corrected chi connectivity index (χ0v) is 13.9. The van der Waals surface area contributed by atoms with Crippen LogP contribution in [0.5, 0.6) is 0 Å². The molecule has 1 aliphatic carbocycles. The third-order valence-corrected chi connectivity index (χ3v) is 5.06. The molecule has 1 heterocycles. The minimum Gasteiger partial charge on any atom is -0.341 e. The van der Waals surface area contributed by atoms with Crippen molar-refractivity contribution in [3.63, 3.8) is 0 Å². The van der Waals surface area contributed by atoms with E-state index >= 15 is 0 Å². The standard InChI is InChI=1S/C19H26N2O2/c1-14(16-10-9-15-7-3-4-8-17(15)13-16)20-18(22)19(23)21-11-5-2-6-12-21/h9-10,13-14H,2-8,11-12H2,1H3,(H,20,22). The molecule has 1 unspecified atom stereocenters. The first-order chi connectivity index (χ1) is 11.1. The highest BCUT2D eigenvalue weighted by Gasteiger charge is 2.24. The zero-order chi connectivity index (χ0) is 16.2. The Morgan fingerprint density at radius 3 is 2.43 bits per heavy atom. The Bertz CT molecular complexity index is 591. The monoisotopic (exact) mass is 314 g/mol. The van der Waals surface area contributed by atoms with Crippen LogP contribution in [0.4, 0.5) is 0 Å². The van der Waals surface area contributed by atoms with E-state index in [0.29, 0.717) is 13.1 Å². The van der Waals surface area contributed by atoms with E-state index in [4.69, 9.17) is 0 Å². The highest BCUT2D eigenvalue weighted by atomic mass is 16.2. The summed E-state index contributed by atoms with van der Waals surface area (Å²) in [7, 11) is 0. The number of fused-ring (bicyclic) bond motifs is 1. The van der Waals surface area contributed by atoms with E-state index in [2.05, 4.69) is 23.5 Å². The summed E-state index contributed by atoms with van der Waals surface area (Å²) in [5, 5.41) is 2.87. The van der Waals surface area contributed by atoms with Crippen LogP contribution in [0.1, 0.15) is 61.8 Å². The molecule has 4 nitrogen and oxygen atoms in total. The molecule has 0 bridgehead atoms. The lowest BCUT2D eigenvalue weighted by Gasteiger charge is -2.26. The largest absolute Gasteiger partial charge is 0.341 e. The predicted molar refractivity (Wildman–Crippen MR) is 90.1 cm³/mol. The van der Waals surface area contributed by atoms with Crippen LogP contribution in [0.15, 0.2) is 18.2 Å². The van der Waals surface area contributed by atoms with Gasteiger partial charge < -0.3 is 10.2 Å². The Kier molecular flexibility index (Phi) is 4.99. The highest BCUT2D eigenvalue weighted by Crippen LogP contribution is 2.24. The second-order valence-corrected chi connectivity index (χ2v) is 6.78. The van der Waals surface area contributed by atoms with Gasteiger partial charge in [-0.15, -0.1) is 0 Å². The number of benzene rings is 1. The fourth-order valence-electron chi connectivity index (χ4n) is 3.61. The molecule has 0 spiro atoms. The topological polar surface area (TPSA) is 49.4 Å². The highest BCUT2D eigenvalue weighted by molar-refractivity contribution is 6.35. The fraction of sp³-hybridized carbons (Fsp3) is 0.579. The van der Waals surface area contributed by atoms with Gasteiger partial charge in [0.2, 0.25) is 0 Å². The number of likely N-dealkylation sites (tertiary alicyclic amines) is 1. The van der Waals surface area contributed by atoms with Crippen molar-refractivity contribution < 1.29 is 9.59 Å². The number of nitrogens with one attached hydrogen (secondary N) is 1. The van der Waals surface area contributed by atoms with Crippen LogP contribution < -0.4 is 5.32 Å². The quantitative estimate of drug-likeness (QED) is 0.853. The van der Waals surface area contributed by atoms with Crippen molar-refractivity contribution in [3.8, 4) is 0 Å². The number of amides is 2. The first-order valence-corrected chi connectivity index (χ1v) is 8.86. The van der Waals surface area contributed by atoms with Gasteiger partial charge in [-0.2, -0.15) is 0 Å². The van der Waals surface area contributed by atoms with E-state index in [9.17, 15) is 9.59 Å². The van der Waals surface area contributed by atoms with Crippen molar-refractivity contribution in [1.82, 2.24) is 10.2 Å². The Morgan fingerprint density at radius 1 is 1.00 bits per heavy atom. The summed E-state index contributed by atoms with van der Waals surface area (Å²) in [4.78, 5) is 26.1. The van der Waals surface area contributed by atoms with Crippen LogP contribution in [-0.2, 0) is 22.4 Å². The Hall–Kier alpha value is -1.84. The summed E-state index contributed by atoms with van der Waals surface area (Å²) in [6.45, 7) is 3.37. The van der Waals surface area contributed by atoms with Crippen molar-refractivity contribution in [2.45, 2.75) is 57.9 Å². The van der Waals surface area contributed by atoms with Gasteiger partial charge in [-0.1, -0.05) is 18.2 Å². The molecule has 1 atom stereocenters. The van der Waals surface area contributed by atoms with Gasteiger partial charge in [0.15, 0.2) is 0 Å². The summed E-state index contributed by atoms with van der Waals surface area (Å²) in [6, 6.07) is 6.33. The van der Waals surface area contributed by atoms with Crippen LogP contribution in [0, 0.1) is 0 Å². The van der Waals surface area contributed by atoms with Crippen molar-refractivity contribution in [2.75, 3.05) is 13.1 Å². The Labute approximate surface area is 138 Å². The van der Waals surface area contributed by atoms with Crippen molar-refractivity contribution in [2.24, 2.45) is 0 Å². The molecule has 1 aliphatic heterocycles. The minimum atomic E-state index is -0.475. The van der Waals surface area contributed by atoms with Gasteiger partial charge in [0.1, 0.15) is 0 Å². The predicted octanol–water partition coefficient (Wildman–Crippen LogP) is 2.76. The molecule has 1 N–H and O–H groups in total. The molecule has 1 aromatic rings. The molecule has 0 saturated carbocycles. The number of aryl methyl sites for hydroxylation is 2. The molecule has 23 heavy (non-hydrogen) atoms. The average Bonchev–Trinajstić information content (AvgIpc) is 2.61. The van der Waals surface area contributed by atoms with Crippen LogP contribution >= 0.6 is 0 Å². The Balaban J connectivity index is 1.62. The Morgan fingerprint density at radius 2 is 1.70 bits per heavy atom. The third kappa shape index (κ3) is 3.74. The molecule has 2 aliphatic rings. The lowest BCUT2D eigenvalue weighted by molar-refractivity contribution is -0.146. The lowest BCUT2D eigenvalue weighted by atomic mass is 9.89. The molecule has 124 valence electrons. The SMILES string of the molecule is CC(NC(=O)C(=O)N1CCCCC1)c1ccc2c(c1)CCCC2. The number of carbonyl (C=O) groups excluding carboxylic acids is 2. The van der Waals surface area contributed by atoms with Gasteiger partial charge in [-0.25, -0.2) is 0 Å². The maximum atomic E-state index is 12.2. The molecule has 1 saturated heterocycles. The first kappa shape index (κ1) is 16.0. The molecular formula is C19H26N2O2. The summed E-state index contributed by atoms with van der Waals surface area (Å²) >= 11 is 0. The van der Waals surface area contributed by atoms with E-state index in [0.717, 1.165) is 37.7 Å². The molecule has 3 rings (SSSR count). The molecule has 1 fully saturated rings. The normalized spacial score (nSPS) is 18.9. The van der Waals surface area contributed by atoms with E-state index in [-0.39, 0.29) is 11.9 Å². The van der Waals surface area contributed by atoms with Gasteiger partial charge in [-0.3, -0.25) is 9.59 Å². The first-order valence-electron chi connectivity index (χ1n) is 8.86. The van der Waals surface area contributed by atoms with Gasteiger partial charge >= 0.3 is 11.8 Å². The zero-order valence-electron chi connectivity index (χ0n) is 13.9. The second-order valence-electron chi connectivity index (χ2n) is 6.78. The third-order valence-electron chi connectivity index (χ3n) is 5.06. The van der Waals surface area contributed by atoms with E-state index in [1.165, 1.54) is 24.0 Å². The van der Waals surface area contributed by atoms with E-state index in [1.54, 1.807) is 4.90 Å². The second kappa shape index (κ2) is 7.16. The maximum Gasteiger partial charge on any atom is 0.311 e. The number of hydrogen-bond donors (Lipinski definition) is 1. The van der Waals surface area contributed by atoms with Crippen LogP contribution in [0.3, 0.4) is 0 Å². The van der Waals surface area contributed by atoms with Crippen LogP contribution in [0.2, 0.25) is 0 Å². The van der Waals surface area contributed by atoms with Gasteiger partial charge in [0, 0.05) is 13.1 Å². The summed E-state index contributed by atoms with van der Waals surface area (Å²) in [5.41, 5.74) is 3.92. The molecule has 2 amide bonds. The van der Waals surface area contributed by atoms with Gasteiger partial charge in [0.25, 0.3) is 0 Å². The fourth-order valence-corrected chi connectivity index (χ4v) is 3.61. The lowest BCUT2D eigenvalue weighted by Crippen LogP contribution is -2.45. The van der Waals surface area contributed by atoms with Crippen LogP contribution in [0.25, 0.3) is 0 Å². The van der Waals surface area contributed by atoms with Crippen LogP contribution in [-0.4, -0.2) is 29.8 Å². The summed E-state index contributed by atoms with van der Waals surface area (Å²) < 4.78 is 0. The number of piperidine rings is 1. The molecule has 4 heteroatoms. The smallest absolute Gasteiger partial charge is 0.311 e. The number of hydrogen-bond acceptors (Lipinski definition) is 2. The summed E-state index contributed by atoms with van der Waals surface area (Å²) in [5.74, 6) is -0.855. The number of nitrogens with zero attached hydrogens (tertiary/aromatic N) is 1. The average molecular weight is 314 g/mol. The molecule has 0 aromatic heterocycles. The molecule has 0 radical (unpaired) electrons. The van der Waals surface area contributed by atoms with E-state index in [1.807, 2.05) is 6.92 Å². The van der Waals surface area contributed by atoms with Crippen molar-refractivity contribution >= 4 is 11.8 Å². The van der Waals surface area contributed by atoms with Gasteiger partial charge in [0.05, 0.1) is 6.04 Å². The molecule has 1 aromatic carbocycles. The maximum absolute atomic E-state index is 12.2. The van der Waals surface area contributed by atoms with Crippen molar-refractivity contribution in [1.29, 1.82) is 0 Å². The van der Waals surface area contributed by atoms with Gasteiger partial charge in [-0.05, 0) is 68.6 Å².